The Morgan fingerprint density at radius 3 is 2.50 bits per heavy atom. The molecule has 1 aliphatic rings. The van der Waals surface area contributed by atoms with Crippen molar-refractivity contribution in [1.82, 2.24) is 10.2 Å². The predicted octanol–water partition coefficient (Wildman–Crippen LogP) is 0.929. The number of amides is 2. The second kappa shape index (κ2) is 6.18. The first-order valence-electron chi connectivity index (χ1n) is 6.61. The first-order valence-corrected chi connectivity index (χ1v) is 6.61. The minimum absolute atomic E-state index is 0.00678. The zero-order valence-electron chi connectivity index (χ0n) is 11.8. The fraction of sp³-hybridized carbons (Fsp3) is 0.846. The van der Waals surface area contributed by atoms with Gasteiger partial charge < -0.3 is 15.0 Å². The molecule has 1 saturated heterocycles. The van der Waals surface area contributed by atoms with Crippen molar-refractivity contribution >= 4 is 11.8 Å². The summed E-state index contributed by atoms with van der Waals surface area (Å²) < 4.78 is 5.11. The molecule has 5 heteroatoms. The number of carbonyl (C=O) groups is 2. The van der Waals surface area contributed by atoms with Crippen LogP contribution in [0.3, 0.4) is 0 Å². The fourth-order valence-electron chi connectivity index (χ4n) is 2.46. The average molecular weight is 256 g/mol. The number of nitrogens with zero attached hydrogens (tertiary/aromatic N) is 1. The second-order valence-corrected chi connectivity index (χ2v) is 4.89. The van der Waals surface area contributed by atoms with E-state index in [1.807, 2.05) is 20.8 Å². The van der Waals surface area contributed by atoms with Gasteiger partial charge in [0.1, 0.15) is 5.54 Å². The number of rotatable bonds is 5. The molecule has 0 aromatic rings. The molecule has 2 amide bonds. The highest BCUT2D eigenvalue weighted by molar-refractivity contribution is 5.93. The van der Waals surface area contributed by atoms with Gasteiger partial charge in [-0.15, -0.1) is 0 Å². The van der Waals surface area contributed by atoms with Crippen LogP contribution in [0.15, 0.2) is 0 Å². The van der Waals surface area contributed by atoms with Crippen molar-refractivity contribution in [1.29, 1.82) is 0 Å². The number of methoxy groups -OCH3 is 1. The third-order valence-electron chi connectivity index (χ3n) is 3.78. The molecular formula is C13H24N2O3. The molecule has 5 nitrogen and oxygen atoms in total. The van der Waals surface area contributed by atoms with Gasteiger partial charge in [0.25, 0.3) is 0 Å². The highest BCUT2D eigenvalue weighted by Gasteiger charge is 2.42. The van der Waals surface area contributed by atoms with Gasteiger partial charge >= 0.3 is 0 Å². The number of carbonyl (C=O) groups excluding carboxylic acids is 2. The van der Waals surface area contributed by atoms with Crippen LogP contribution >= 0.6 is 0 Å². The van der Waals surface area contributed by atoms with Gasteiger partial charge in [0.2, 0.25) is 11.8 Å². The van der Waals surface area contributed by atoms with Crippen molar-refractivity contribution in [2.24, 2.45) is 0 Å². The van der Waals surface area contributed by atoms with Gasteiger partial charge in [-0.05, 0) is 19.8 Å². The van der Waals surface area contributed by atoms with Gasteiger partial charge in [0, 0.05) is 20.1 Å². The Labute approximate surface area is 109 Å². The van der Waals surface area contributed by atoms with Crippen molar-refractivity contribution < 1.29 is 14.3 Å². The molecule has 18 heavy (non-hydrogen) atoms. The van der Waals surface area contributed by atoms with Crippen LogP contribution in [0.1, 0.15) is 40.0 Å². The lowest BCUT2D eigenvalue weighted by Gasteiger charge is -2.36. The molecule has 0 saturated carbocycles. The normalized spacial score (nSPS) is 21.4. The van der Waals surface area contributed by atoms with Crippen LogP contribution in [-0.2, 0) is 14.3 Å². The molecule has 1 fully saturated rings. The summed E-state index contributed by atoms with van der Waals surface area (Å²) in [5.74, 6) is -0.0259. The molecular weight excluding hydrogens is 232 g/mol. The molecule has 1 heterocycles. The maximum absolute atomic E-state index is 12.6. The van der Waals surface area contributed by atoms with E-state index in [0.29, 0.717) is 32.4 Å². The largest absolute Gasteiger partial charge is 0.383 e. The van der Waals surface area contributed by atoms with Crippen molar-refractivity contribution in [3.8, 4) is 0 Å². The first-order chi connectivity index (χ1) is 8.50. The van der Waals surface area contributed by atoms with Crippen LogP contribution in [0.2, 0.25) is 0 Å². The Morgan fingerprint density at radius 2 is 2.00 bits per heavy atom. The van der Waals surface area contributed by atoms with E-state index in [-0.39, 0.29) is 17.9 Å². The third-order valence-corrected chi connectivity index (χ3v) is 3.78. The highest BCUT2D eigenvalue weighted by Crippen LogP contribution is 2.23. The van der Waals surface area contributed by atoms with Gasteiger partial charge in [0.15, 0.2) is 0 Å². The SMILES string of the molecule is CCC1(CC)NC(=O)CCN(C(C)COC)C1=O. The zero-order valence-corrected chi connectivity index (χ0v) is 11.8. The molecule has 1 rings (SSSR count). The summed E-state index contributed by atoms with van der Waals surface area (Å²) in [6.45, 7) is 6.78. The Bertz CT molecular complexity index is 313. The maximum Gasteiger partial charge on any atom is 0.248 e. The lowest BCUT2D eigenvalue weighted by Crippen LogP contribution is -2.58. The number of hydrogen-bond donors (Lipinski definition) is 1. The van der Waals surface area contributed by atoms with Crippen molar-refractivity contribution in [2.75, 3.05) is 20.3 Å². The highest BCUT2D eigenvalue weighted by atomic mass is 16.5. The van der Waals surface area contributed by atoms with E-state index in [1.54, 1.807) is 12.0 Å². The van der Waals surface area contributed by atoms with Gasteiger partial charge in [0.05, 0.1) is 12.6 Å². The Hall–Kier alpha value is -1.10. The van der Waals surface area contributed by atoms with Crippen LogP contribution in [0.5, 0.6) is 0 Å². The molecule has 0 spiro atoms. The quantitative estimate of drug-likeness (QED) is 0.796. The minimum atomic E-state index is -0.740. The predicted molar refractivity (Wildman–Crippen MR) is 69.1 cm³/mol. The molecule has 1 N–H and O–H groups in total. The van der Waals surface area contributed by atoms with Crippen LogP contribution in [0.4, 0.5) is 0 Å². The lowest BCUT2D eigenvalue weighted by atomic mass is 9.91. The van der Waals surface area contributed by atoms with E-state index in [9.17, 15) is 9.59 Å². The molecule has 1 atom stereocenters. The van der Waals surface area contributed by atoms with Gasteiger partial charge in [-0.25, -0.2) is 0 Å². The van der Waals surface area contributed by atoms with Crippen molar-refractivity contribution in [2.45, 2.75) is 51.6 Å². The smallest absolute Gasteiger partial charge is 0.248 e. The molecule has 0 bridgehead atoms. The molecule has 0 radical (unpaired) electrons. The number of nitrogens with one attached hydrogen (secondary N) is 1. The van der Waals surface area contributed by atoms with E-state index in [0.717, 1.165) is 0 Å². The second-order valence-electron chi connectivity index (χ2n) is 4.89. The van der Waals surface area contributed by atoms with E-state index in [2.05, 4.69) is 5.32 Å². The zero-order chi connectivity index (χ0) is 13.8. The number of ether oxygens (including phenoxy) is 1. The van der Waals surface area contributed by atoms with E-state index in [4.69, 9.17) is 4.74 Å². The van der Waals surface area contributed by atoms with Gasteiger partial charge in [-0.1, -0.05) is 13.8 Å². The molecule has 0 aliphatic carbocycles. The Balaban J connectivity index is 2.99. The molecule has 0 aromatic heterocycles. The summed E-state index contributed by atoms with van der Waals surface area (Å²) in [4.78, 5) is 26.2. The van der Waals surface area contributed by atoms with E-state index < -0.39 is 5.54 Å². The Kier molecular flexibility index (Phi) is 5.14. The van der Waals surface area contributed by atoms with E-state index in [1.165, 1.54) is 0 Å². The van der Waals surface area contributed by atoms with Crippen LogP contribution in [0.25, 0.3) is 0 Å². The van der Waals surface area contributed by atoms with Gasteiger partial charge in [-0.3, -0.25) is 9.59 Å². The number of hydrogen-bond acceptors (Lipinski definition) is 3. The molecule has 1 aliphatic heterocycles. The topological polar surface area (TPSA) is 58.6 Å². The lowest BCUT2D eigenvalue weighted by molar-refractivity contribution is -0.141. The van der Waals surface area contributed by atoms with Crippen molar-refractivity contribution in [3.05, 3.63) is 0 Å². The monoisotopic (exact) mass is 256 g/mol. The van der Waals surface area contributed by atoms with Crippen LogP contribution in [-0.4, -0.2) is 48.6 Å². The van der Waals surface area contributed by atoms with Gasteiger partial charge in [-0.2, -0.15) is 0 Å². The standard InChI is InChI=1S/C13H24N2O3/c1-5-13(6-2)12(17)15(10(3)9-18-4)8-7-11(16)14-13/h10H,5-9H2,1-4H3,(H,14,16). The summed E-state index contributed by atoms with van der Waals surface area (Å²) in [6, 6.07) is -0.00678. The maximum atomic E-state index is 12.6. The fourth-order valence-corrected chi connectivity index (χ4v) is 2.46. The Morgan fingerprint density at radius 1 is 1.39 bits per heavy atom. The summed E-state index contributed by atoms with van der Waals surface area (Å²) >= 11 is 0. The van der Waals surface area contributed by atoms with Crippen LogP contribution in [0, 0.1) is 0 Å². The minimum Gasteiger partial charge on any atom is -0.383 e. The van der Waals surface area contributed by atoms with Crippen molar-refractivity contribution in [3.63, 3.8) is 0 Å². The van der Waals surface area contributed by atoms with Crippen LogP contribution < -0.4 is 5.32 Å². The summed E-state index contributed by atoms with van der Waals surface area (Å²) in [6.07, 6.45) is 1.59. The summed E-state index contributed by atoms with van der Waals surface area (Å²) in [5.41, 5.74) is -0.740. The van der Waals surface area contributed by atoms with E-state index >= 15 is 0 Å². The summed E-state index contributed by atoms with van der Waals surface area (Å²) in [7, 11) is 1.62. The summed E-state index contributed by atoms with van der Waals surface area (Å²) in [5, 5.41) is 2.90. The molecule has 104 valence electrons. The third kappa shape index (κ3) is 2.83. The average Bonchev–Trinajstić information content (AvgIpc) is 2.48. The molecule has 1 unspecified atom stereocenters. The first kappa shape index (κ1) is 15.0. The molecule has 0 aromatic carbocycles.